The van der Waals surface area contributed by atoms with Crippen LogP contribution in [-0.2, 0) is 13.6 Å². The van der Waals surface area contributed by atoms with E-state index in [1.54, 1.807) is 0 Å². The monoisotopic (exact) mass is 241 g/mol. The lowest BCUT2D eigenvalue weighted by Gasteiger charge is -2.34. The van der Waals surface area contributed by atoms with Gasteiger partial charge in [-0.1, -0.05) is 32.0 Å². The van der Waals surface area contributed by atoms with Gasteiger partial charge in [0, 0.05) is 11.1 Å². The molecule has 0 spiro atoms. The molecule has 1 aromatic carbocycles. The van der Waals surface area contributed by atoms with E-state index in [2.05, 4.69) is 5.09 Å². The molecule has 0 radical (unpaired) electrons. The molecule has 0 aliphatic carbocycles. The summed E-state index contributed by atoms with van der Waals surface area (Å²) in [5.74, 6) is 0. The fourth-order valence-corrected chi connectivity index (χ4v) is 3.04. The second kappa shape index (κ2) is 4.21. The zero-order chi connectivity index (χ0) is 11.6. The van der Waals surface area contributed by atoms with Crippen LogP contribution < -0.4 is 5.09 Å². The number of anilines is 1. The van der Waals surface area contributed by atoms with Crippen LogP contribution in [0.25, 0.3) is 0 Å². The van der Waals surface area contributed by atoms with E-state index in [9.17, 15) is 4.57 Å². The molecule has 1 saturated heterocycles. The Morgan fingerprint density at radius 2 is 1.75 bits per heavy atom. The fourth-order valence-electron chi connectivity index (χ4n) is 1.33. The van der Waals surface area contributed by atoms with Gasteiger partial charge in [0.1, 0.15) is 0 Å². The van der Waals surface area contributed by atoms with E-state index < -0.39 is 7.75 Å². The maximum Gasteiger partial charge on any atom is 0.432 e. The van der Waals surface area contributed by atoms with Crippen LogP contribution >= 0.6 is 7.75 Å². The molecular weight excluding hydrogens is 225 g/mol. The van der Waals surface area contributed by atoms with E-state index in [4.69, 9.17) is 9.05 Å². The van der Waals surface area contributed by atoms with E-state index in [1.165, 1.54) is 0 Å². The first-order valence-electron chi connectivity index (χ1n) is 5.22. The maximum atomic E-state index is 12.1. The van der Waals surface area contributed by atoms with Crippen LogP contribution in [0.4, 0.5) is 5.69 Å². The summed E-state index contributed by atoms with van der Waals surface area (Å²) in [6.45, 7) is 4.90. The van der Waals surface area contributed by atoms with Gasteiger partial charge in [-0.2, -0.15) is 0 Å². The van der Waals surface area contributed by atoms with Gasteiger partial charge < -0.3 is 0 Å². The zero-order valence-corrected chi connectivity index (χ0v) is 10.4. The first-order chi connectivity index (χ1) is 7.49. The average Bonchev–Trinajstić information content (AvgIpc) is 2.25. The first-order valence-corrected chi connectivity index (χ1v) is 6.76. The van der Waals surface area contributed by atoms with Crippen LogP contribution in [0.2, 0.25) is 0 Å². The molecule has 1 aliphatic heterocycles. The Kier molecular flexibility index (Phi) is 3.06. The Balaban J connectivity index is 2.03. The van der Waals surface area contributed by atoms with Gasteiger partial charge in [0.2, 0.25) is 0 Å². The molecule has 1 heterocycles. The predicted molar refractivity (Wildman–Crippen MR) is 63.4 cm³/mol. The zero-order valence-electron chi connectivity index (χ0n) is 9.47. The molecule has 2 rings (SSSR count). The lowest BCUT2D eigenvalue weighted by Crippen LogP contribution is -2.30. The van der Waals surface area contributed by atoms with Crippen molar-refractivity contribution in [1.29, 1.82) is 0 Å². The predicted octanol–water partition coefficient (Wildman–Crippen LogP) is 3.28. The Morgan fingerprint density at radius 1 is 1.19 bits per heavy atom. The van der Waals surface area contributed by atoms with Crippen molar-refractivity contribution in [1.82, 2.24) is 0 Å². The number of rotatable bonds is 2. The van der Waals surface area contributed by atoms with Crippen LogP contribution in [0.5, 0.6) is 0 Å². The molecule has 0 amide bonds. The molecule has 0 unspecified atom stereocenters. The minimum absolute atomic E-state index is 0.0771. The van der Waals surface area contributed by atoms with E-state index in [1.807, 2.05) is 44.2 Å². The second-order valence-corrected chi connectivity index (χ2v) is 6.42. The molecule has 1 aliphatic rings. The average molecular weight is 241 g/mol. The summed E-state index contributed by atoms with van der Waals surface area (Å²) in [4.78, 5) is 0. The second-order valence-electron chi connectivity index (χ2n) is 4.69. The van der Waals surface area contributed by atoms with Crippen LogP contribution in [0, 0.1) is 5.41 Å². The molecule has 4 nitrogen and oxygen atoms in total. The van der Waals surface area contributed by atoms with Crippen molar-refractivity contribution in [2.45, 2.75) is 13.8 Å². The Labute approximate surface area is 95.5 Å². The molecule has 1 aromatic rings. The van der Waals surface area contributed by atoms with E-state index >= 15 is 0 Å². The fraction of sp³-hybridized carbons (Fsp3) is 0.455. The molecule has 1 N–H and O–H groups in total. The maximum absolute atomic E-state index is 12.1. The van der Waals surface area contributed by atoms with Crippen molar-refractivity contribution in [3.63, 3.8) is 0 Å². The number of nitrogens with one attached hydrogen (secondary N) is 1. The number of para-hydroxylation sites is 1. The van der Waals surface area contributed by atoms with Crippen molar-refractivity contribution in [3.05, 3.63) is 30.3 Å². The van der Waals surface area contributed by atoms with Gasteiger partial charge in [0.05, 0.1) is 13.2 Å². The Hall–Kier alpha value is -0.830. The highest BCUT2D eigenvalue weighted by Crippen LogP contribution is 2.52. The van der Waals surface area contributed by atoms with Crippen LogP contribution in [-0.4, -0.2) is 13.2 Å². The molecule has 0 saturated carbocycles. The summed E-state index contributed by atoms with van der Waals surface area (Å²) in [5, 5.41) is 2.81. The number of benzene rings is 1. The third-order valence-electron chi connectivity index (χ3n) is 2.29. The van der Waals surface area contributed by atoms with E-state index in [0.29, 0.717) is 13.2 Å². The van der Waals surface area contributed by atoms with Crippen molar-refractivity contribution in [2.24, 2.45) is 5.41 Å². The normalized spacial score (nSPS) is 22.6. The summed E-state index contributed by atoms with van der Waals surface area (Å²) in [5.41, 5.74) is 0.664. The molecule has 5 heteroatoms. The van der Waals surface area contributed by atoms with Crippen LogP contribution in [0.3, 0.4) is 0 Å². The molecule has 0 aromatic heterocycles. The Bertz CT molecular complexity index is 391. The Morgan fingerprint density at radius 3 is 2.31 bits per heavy atom. The largest absolute Gasteiger partial charge is 0.432 e. The lowest BCUT2D eigenvalue weighted by molar-refractivity contribution is 0.0437. The summed E-state index contributed by atoms with van der Waals surface area (Å²) >= 11 is 0. The minimum Gasteiger partial charge on any atom is -0.293 e. The quantitative estimate of drug-likeness (QED) is 0.807. The molecule has 16 heavy (non-hydrogen) atoms. The van der Waals surface area contributed by atoms with Gasteiger partial charge in [0.25, 0.3) is 0 Å². The van der Waals surface area contributed by atoms with Gasteiger partial charge in [-0.05, 0) is 12.1 Å². The highest BCUT2D eigenvalue weighted by atomic mass is 31.2. The summed E-state index contributed by atoms with van der Waals surface area (Å²) in [6, 6.07) is 9.27. The standard InChI is InChI=1S/C11H16NO3P/c1-11(2)8-14-16(13,15-9-11)12-10-6-4-3-5-7-10/h3-7H,8-9H2,1-2H3,(H,12,13). The van der Waals surface area contributed by atoms with Gasteiger partial charge in [-0.15, -0.1) is 0 Å². The van der Waals surface area contributed by atoms with Crippen LogP contribution in [0.1, 0.15) is 13.8 Å². The minimum atomic E-state index is -3.17. The molecule has 0 bridgehead atoms. The third kappa shape index (κ3) is 2.85. The van der Waals surface area contributed by atoms with Crippen LogP contribution in [0.15, 0.2) is 30.3 Å². The van der Waals surface area contributed by atoms with Crippen molar-refractivity contribution >= 4 is 13.4 Å². The molecule has 0 atom stereocenters. The summed E-state index contributed by atoms with van der Waals surface area (Å²) in [6.07, 6.45) is 0. The van der Waals surface area contributed by atoms with E-state index in [-0.39, 0.29) is 5.41 Å². The topological polar surface area (TPSA) is 47.6 Å². The number of hydrogen-bond acceptors (Lipinski definition) is 3. The first kappa shape index (κ1) is 11.6. The molecule has 1 fully saturated rings. The van der Waals surface area contributed by atoms with Gasteiger partial charge >= 0.3 is 7.75 Å². The van der Waals surface area contributed by atoms with Gasteiger partial charge in [-0.25, -0.2) is 4.57 Å². The molecule has 88 valence electrons. The van der Waals surface area contributed by atoms with Crippen molar-refractivity contribution < 1.29 is 13.6 Å². The SMILES string of the molecule is CC1(C)COP(=O)(Nc2ccccc2)OC1. The van der Waals surface area contributed by atoms with E-state index in [0.717, 1.165) is 5.69 Å². The van der Waals surface area contributed by atoms with Gasteiger partial charge in [0.15, 0.2) is 0 Å². The van der Waals surface area contributed by atoms with Crippen molar-refractivity contribution in [2.75, 3.05) is 18.3 Å². The third-order valence-corrected chi connectivity index (χ3v) is 3.76. The van der Waals surface area contributed by atoms with Crippen molar-refractivity contribution in [3.8, 4) is 0 Å². The smallest absolute Gasteiger partial charge is 0.293 e. The number of hydrogen-bond donors (Lipinski definition) is 1. The van der Waals surface area contributed by atoms with Gasteiger partial charge in [-0.3, -0.25) is 14.1 Å². The lowest BCUT2D eigenvalue weighted by atomic mass is 9.97. The summed E-state index contributed by atoms with van der Waals surface area (Å²) < 4.78 is 22.7. The molecular formula is C11H16NO3P. The summed E-state index contributed by atoms with van der Waals surface area (Å²) in [7, 11) is -3.17. The highest BCUT2D eigenvalue weighted by Gasteiger charge is 2.36. The highest BCUT2D eigenvalue weighted by molar-refractivity contribution is 7.55.